The summed E-state index contributed by atoms with van der Waals surface area (Å²) >= 11 is 0. The summed E-state index contributed by atoms with van der Waals surface area (Å²) in [5.74, 6) is 1.29. The van der Waals surface area contributed by atoms with Crippen molar-refractivity contribution in [3.63, 3.8) is 0 Å². The average molecular weight is 458 g/mol. The molecule has 1 aromatic heterocycles. The number of hydrogen-bond acceptors (Lipinski definition) is 5. The number of nitrogens with one attached hydrogen (secondary N) is 2. The number of aromatic amines is 1. The SMILES string of the molecule is COc1cc(NC(C(=O)c2c[nH]c3c(CCN(C)C)cccc23)c2ccccc2)cc(OC)c1. The Kier molecular flexibility index (Phi) is 7.18. The molecule has 0 aliphatic rings. The average Bonchev–Trinajstić information content (AvgIpc) is 3.30. The molecular formula is C28H31N3O3. The van der Waals surface area contributed by atoms with Crippen molar-refractivity contribution in [2.24, 2.45) is 0 Å². The molecule has 0 aliphatic carbocycles. The van der Waals surface area contributed by atoms with E-state index in [1.165, 1.54) is 5.56 Å². The van der Waals surface area contributed by atoms with E-state index in [9.17, 15) is 4.79 Å². The first-order valence-corrected chi connectivity index (χ1v) is 11.3. The molecule has 0 bridgehead atoms. The summed E-state index contributed by atoms with van der Waals surface area (Å²) in [5.41, 5.74) is 4.50. The first-order chi connectivity index (χ1) is 16.5. The molecule has 3 aromatic carbocycles. The number of hydrogen-bond donors (Lipinski definition) is 2. The van der Waals surface area contributed by atoms with E-state index in [0.29, 0.717) is 17.1 Å². The lowest BCUT2D eigenvalue weighted by molar-refractivity contribution is 0.0971. The highest BCUT2D eigenvalue weighted by atomic mass is 16.5. The van der Waals surface area contributed by atoms with Crippen LogP contribution in [0.3, 0.4) is 0 Å². The molecule has 2 N–H and O–H groups in total. The molecule has 4 rings (SSSR count). The minimum absolute atomic E-state index is 0.0102. The molecule has 0 saturated heterocycles. The predicted molar refractivity (Wildman–Crippen MR) is 137 cm³/mol. The number of fused-ring (bicyclic) bond motifs is 1. The number of ether oxygens (including phenoxy) is 2. The molecule has 0 aliphatic heterocycles. The first kappa shape index (κ1) is 23.4. The molecule has 0 saturated carbocycles. The van der Waals surface area contributed by atoms with Crippen LogP contribution in [0.15, 0.2) is 72.9 Å². The zero-order valence-corrected chi connectivity index (χ0v) is 20.1. The lowest BCUT2D eigenvalue weighted by Gasteiger charge is -2.20. The van der Waals surface area contributed by atoms with Crippen molar-refractivity contribution in [3.05, 3.63) is 89.6 Å². The van der Waals surface area contributed by atoms with Crippen LogP contribution in [0.4, 0.5) is 5.69 Å². The largest absolute Gasteiger partial charge is 0.497 e. The van der Waals surface area contributed by atoms with Gasteiger partial charge in [0.1, 0.15) is 17.5 Å². The fraction of sp³-hybridized carbons (Fsp3) is 0.250. The van der Waals surface area contributed by atoms with E-state index in [0.717, 1.165) is 35.1 Å². The van der Waals surface area contributed by atoms with Gasteiger partial charge < -0.3 is 24.7 Å². The molecular weight excluding hydrogens is 426 g/mol. The Labute approximate surface area is 200 Å². The van der Waals surface area contributed by atoms with Gasteiger partial charge in [-0.05, 0) is 31.6 Å². The molecule has 34 heavy (non-hydrogen) atoms. The molecule has 6 heteroatoms. The fourth-order valence-corrected chi connectivity index (χ4v) is 4.13. The van der Waals surface area contributed by atoms with Gasteiger partial charge in [0, 0.05) is 53.1 Å². The topological polar surface area (TPSA) is 66.6 Å². The van der Waals surface area contributed by atoms with Gasteiger partial charge in [0.05, 0.1) is 14.2 Å². The summed E-state index contributed by atoms with van der Waals surface area (Å²) in [4.78, 5) is 19.5. The second-order valence-electron chi connectivity index (χ2n) is 8.55. The third-order valence-electron chi connectivity index (χ3n) is 5.95. The van der Waals surface area contributed by atoms with Crippen LogP contribution in [0.25, 0.3) is 10.9 Å². The zero-order valence-electron chi connectivity index (χ0n) is 20.1. The van der Waals surface area contributed by atoms with E-state index >= 15 is 0 Å². The molecule has 0 radical (unpaired) electrons. The van der Waals surface area contributed by atoms with E-state index < -0.39 is 6.04 Å². The Balaban J connectivity index is 1.73. The highest BCUT2D eigenvalue weighted by Crippen LogP contribution is 2.32. The molecule has 0 fully saturated rings. The number of likely N-dealkylation sites (N-methyl/N-ethyl adjacent to an activating group) is 1. The third kappa shape index (κ3) is 5.07. The van der Waals surface area contributed by atoms with Crippen molar-refractivity contribution in [1.82, 2.24) is 9.88 Å². The summed E-state index contributed by atoms with van der Waals surface area (Å²) in [6.07, 6.45) is 2.73. The normalized spacial score (nSPS) is 12.0. The maximum absolute atomic E-state index is 14.0. The monoisotopic (exact) mass is 457 g/mol. The van der Waals surface area contributed by atoms with Gasteiger partial charge in [-0.25, -0.2) is 0 Å². The number of Topliss-reactive ketones (excluding diaryl/α,β-unsaturated/α-hetero) is 1. The molecule has 4 aromatic rings. The van der Waals surface area contributed by atoms with Crippen LogP contribution in [0, 0.1) is 0 Å². The fourth-order valence-electron chi connectivity index (χ4n) is 4.13. The Hall–Kier alpha value is -3.77. The van der Waals surface area contributed by atoms with Gasteiger partial charge in [-0.15, -0.1) is 0 Å². The summed E-state index contributed by atoms with van der Waals surface area (Å²) in [6, 6.07) is 20.9. The molecule has 6 nitrogen and oxygen atoms in total. The van der Waals surface area contributed by atoms with Crippen molar-refractivity contribution in [2.75, 3.05) is 40.2 Å². The molecule has 0 spiro atoms. The Morgan fingerprint density at radius 1 is 0.971 bits per heavy atom. The molecule has 1 heterocycles. The number of aromatic nitrogens is 1. The van der Waals surface area contributed by atoms with Gasteiger partial charge >= 0.3 is 0 Å². The first-order valence-electron chi connectivity index (χ1n) is 11.3. The van der Waals surface area contributed by atoms with Gasteiger partial charge in [-0.1, -0.05) is 48.5 Å². The predicted octanol–water partition coefficient (Wildman–Crippen LogP) is 5.33. The van der Waals surface area contributed by atoms with Crippen LogP contribution in [0.1, 0.15) is 27.5 Å². The van der Waals surface area contributed by atoms with Crippen molar-refractivity contribution in [2.45, 2.75) is 12.5 Å². The van der Waals surface area contributed by atoms with Gasteiger partial charge in [-0.2, -0.15) is 0 Å². The number of ketones is 1. The molecule has 176 valence electrons. The van der Waals surface area contributed by atoms with E-state index in [1.807, 2.05) is 60.8 Å². The number of benzene rings is 3. The van der Waals surface area contributed by atoms with Crippen LogP contribution >= 0.6 is 0 Å². The number of carbonyl (C=O) groups is 1. The van der Waals surface area contributed by atoms with Crippen molar-refractivity contribution in [3.8, 4) is 11.5 Å². The van der Waals surface area contributed by atoms with Gasteiger partial charge in [0.25, 0.3) is 0 Å². The summed E-state index contributed by atoms with van der Waals surface area (Å²) in [6.45, 7) is 0.938. The van der Waals surface area contributed by atoms with Crippen molar-refractivity contribution >= 4 is 22.4 Å². The minimum Gasteiger partial charge on any atom is -0.497 e. The lowest BCUT2D eigenvalue weighted by atomic mass is 9.95. The van der Waals surface area contributed by atoms with Crippen LogP contribution in [0.2, 0.25) is 0 Å². The second-order valence-corrected chi connectivity index (χ2v) is 8.55. The standard InChI is InChI=1S/C28H31N3O3/c1-31(2)14-13-20-11-8-12-24-25(18-29-26(20)24)28(32)27(19-9-6-5-7-10-19)30-21-15-22(33-3)17-23(16-21)34-4/h5-12,15-18,27,29-30H,13-14H2,1-4H3. The highest BCUT2D eigenvalue weighted by Gasteiger charge is 2.25. The number of H-pyrrole nitrogens is 1. The van der Waals surface area contributed by atoms with Crippen LogP contribution in [0.5, 0.6) is 11.5 Å². The maximum atomic E-state index is 14.0. The van der Waals surface area contributed by atoms with E-state index in [4.69, 9.17) is 9.47 Å². The lowest BCUT2D eigenvalue weighted by Crippen LogP contribution is -2.21. The highest BCUT2D eigenvalue weighted by molar-refractivity contribution is 6.12. The number of anilines is 1. The smallest absolute Gasteiger partial charge is 0.191 e. The number of para-hydroxylation sites is 1. The quantitative estimate of drug-likeness (QED) is 0.315. The molecule has 0 amide bonds. The number of rotatable bonds is 10. The van der Waals surface area contributed by atoms with E-state index in [2.05, 4.69) is 35.4 Å². The summed E-state index contributed by atoms with van der Waals surface area (Å²) in [7, 11) is 7.34. The number of methoxy groups -OCH3 is 2. The van der Waals surface area contributed by atoms with Gasteiger partial charge in [0.2, 0.25) is 0 Å². The van der Waals surface area contributed by atoms with Crippen LogP contribution < -0.4 is 14.8 Å². The number of nitrogens with zero attached hydrogens (tertiary/aromatic N) is 1. The molecule has 1 unspecified atom stereocenters. The van der Waals surface area contributed by atoms with Gasteiger partial charge in [-0.3, -0.25) is 4.79 Å². The third-order valence-corrected chi connectivity index (χ3v) is 5.95. The Morgan fingerprint density at radius 2 is 1.68 bits per heavy atom. The van der Waals surface area contributed by atoms with Gasteiger partial charge in [0.15, 0.2) is 5.78 Å². The second kappa shape index (κ2) is 10.4. The molecule has 1 atom stereocenters. The Morgan fingerprint density at radius 3 is 2.32 bits per heavy atom. The number of carbonyl (C=O) groups excluding carboxylic acids is 1. The summed E-state index contributed by atoms with van der Waals surface area (Å²) < 4.78 is 10.8. The zero-order chi connectivity index (χ0) is 24.1. The maximum Gasteiger partial charge on any atom is 0.191 e. The van der Waals surface area contributed by atoms with E-state index in [-0.39, 0.29) is 5.78 Å². The van der Waals surface area contributed by atoms with Crippen molar-refractivity contribution < 1.29 is 14.3 Å². The minimum atomic E-state index is -0.581. The van der Waals surface area contributed by atoms with Crippen LogP contribution in [-0.4, -0.2) is 50.5 Å². The van der Waals surface area contributed by atoms with E-state index in [1.54, 1.807) is 20.3 Å². The Bertz CT molecular complexity index is 1240. The summed E-state index contributed by atoms with van der Waals surface area (Å²) in [5, 5.41) is 4.36. The van der Waals surface area contributed by atoms with Crippen LogP contribution in [-0.2, 0) is 6.42 Å². The van der Waals surface area contributed by atoms with Crippen molar-refractivity contribution in [1.29, 1.82) is 0 Å².